The maximum absolute atomic E-state index is 5.86. The van der Waals surface area contributed by atoms with Crippen LogP contribution >= 0.6 is 0 Å². The summed E-state index contributed by atoms with van der Waals surface area (Å²) in [6.45, 7) is 12.2. The third kappa shape index (κ3) is 4.64. The molecule has 1 heterocycles. The van der Waals surface area contributed by atoms with Gasteiger partial charge >= 0.3 is 0 Å². The van der Waals surface area contributed by atoms with E-state index in [1.54, 1.807) is 0 Å². The van der Waals surface area contributed by atoms with Crippen molar-refractivity contribution in [2.24, 2.45) is 0 Å². The second kappa shape index (κ2) is 7.05. The largest absolute Gasteiger partial charge is 0.374 e. The SMILES string of the molecule is C=C(C)CCC(NCC)C1CN(C)CCO1. The second-order valence-corrected chi connectivity index (χ2v) is 4.83. The summed E-state index contributed by atoms with van der Waals surface area (Å²) in [7, 11) is 2.16. The molecule has 1 N–H and O–H groups in total. The average molecular weight is 226 g/mol. The van der Waals surface area contributed by atoms with Crippen LogP contribution in [0.1, 0.15) is 26.7 Å². The Morgan fingerprint density at radius 2 is 2.38 bits per heavy atom. The Labute approximate surface area is 99.8 Å². The lowest BCUT2D eigenvalue weighted by molar-refractivity contribution is -0.0395. The Hall–Kier alpha value is -0.380. The lowest BCUT2D eigenvalue weighted by Crippen LogP contribution is -2.51. The van der Waals surface area contributed by atoms with Crippen LogP contribution in [0.15, 0.2) is 12.2 Å². The number of hydrogen-bond donors (Lipinski definition) is 1. The highest BCUT2D eigenvalue weighted by atomic mass is 16.5. The maximum atomic E-state index is 5.86. The molecule has 0 amide bonds. The molecule has 3 heteroatoms. The normalized spacial score (nSPS) is 24.3. The molecule has 0 aromatic rings. The van der Waals surface area contributed by atoms with Crippen LogP contribution in [0.5, 0.6) is 0 Å². The monoisotopic (exact) mass is 226 g/mol. The van der Waals surface area contributed by atoms with E-state index in [4.69, 9.17) is 4.74 Å². The Balaban J connectivity index is 2.43. The quantitative estimate of drug-likeness (QED) is 0.697. The zero-order valence-corrected chi connectivity index (χ0v) is 11.0. The van der Waals surface area contributed by atoms with Crippen molar-refractivity contribution in [1.29, 1.82) is 0 Å². The van der Waals surface area contributed by atoms with E-state index in [0.29, 0.717) is 12.1 Å². The smallest absolute Gasteiger partial charge is 0.0855 e. The van der Waals surface area contributed by atoms with E-state index < -0.39 is 0 Å². The molecule has 94 valence electrons. The second-order valence-electron chi connectivity index (χ2n) is 4.83. The molecule has 1 rings (SSSR count). The summed E-state index contributed by atoms with van der Waals surface area (Å²) >= 11 is 0. The lowest BCUT2D eigenvalue weighted by Gasteiger charge is -2.35. The first kappa shape index (κ1) is 13.7. The van der Waals surface area contributed by atoms with Crippen LogP contribution in [0, 0.1) is 0 Å². The molecule has 3 nitrogen and oxygen atoms in total. The first-order chi connectivity index (χ1) is 7.63. The van der Waals surface area contributed by atoms with Crippen LogP contribution in [0.25, 0.3) is 0 Å². The van der Waals surface area contributed by atoms with Gasteiger partial charge in [0, 0.05) is 19.1 Å². The van der Waals surface area contributed by atoms with Crippen LogP contribution < -0.4 is 5.32 Å². The molecule has 0 aromatic heterocycles. The fourth-order valence-corrected chi connectivity index (χ4v) is 2.14. The van der Waals surface area contributed by atoms with Crippen molar-refractivity contribution in [2.45, 2.75) is 38.8 Å². The molecule has 1 fully saturated rings. The van der Waals surface area contributed by atoms with Crippen molar-refractivity contribution in [3.05, 3.63) is 12.2 Å². The summed E-state index contributed by atoms with van der Waals surface area (Å²) in [5.74, 6) is 0. The van der Waals surface area contributed by atoms with E-state index in [2.05, 4.69) is 37.7 Å². The topological polar surface area (TPSA) is 24.5 Å². The molecule has 1 saturated heterocycles. The summed E-state index contributed by atoms with van der Waals surface area (Å²) in [6.07, 6.45) is 2.54. The van der Waals surface area contributed by atoms with E-state index in [-0.39, 0.29) is 0 Å². The van der Waals surface area contributed by atoms with Gasteiger partial charge < -0.3 is 15.0 Å². The summed E-state index contributed by atoms with van der Waals surface area (Å²) in [6, 6.07) is 0.462. The summed E-state index contributed by atoms with van der Waals surface area (Å²) in [5, 5.41) is 3.54. The van der Waals surface area contributed by atoms with Gasteiger partial charge in [0.25, 0.3) is 0 Å². The molecule has 2 unspecified atom stereocenters. The van der Waals surface area contributed by atoms with E-state index in [1.165, 1.54) is 5.57 Å². The fraction of sp³-hybridized carbons (Fsp3) is 0.846. The number of rotatable bonds is 6. The average Bonchev–Trinajstić information content (AvgIpc) is 2.24. The van der Waals surface area contributed by atoms with Crippen LogP contribution in [-0.4, -0.2) is 50.3 Å². The number of likely N-dealkylation sites (N-methyl/N-ethyl adjacent to an activating group) is 2. The van der Waals surface area contributed by atoms with E-state index in [1.807, 2.05) is 0 Å². The minimum atomic E-state index is 0.332. The molecule has 16 heavy (non-hydrogen) atoms. The third-order valence-corrected chi connectivity index (χ3v) is 3.09. The molecule has 2 atom stereocenters. The molecular weight excluding hydrogens is 200 g/mol. The molecule has 0 aromatic carbocycles. The van der Waals surface area contributed by atoms with Gasteiger partial charge in [-0.15, -0.1) is 6.58 Å². The standard InChI is InChI=1S/C13H26N2O/c1-5-14-12(7-6-11(2)3)13-10-15(4)8-9-16-13/h12-14H,2,5-10H2,1,3-4H3. The number of ether oxygens (including phenoxy) is 1. The molecule has 1 aliphatic heterocycles. The van der Waals surface area contributed by atoms with Gasteiger partial charge in [0.1, 0.15) is 0 Å². The van der Waals surface area contributed by atoms with Crippen LogP contribution in [0.4, 0.5) is 0 Å². The van der Waals surface area contributed by atoms with Crippen LogP contribution in [0.2, 0.25) is 0 Å². The van der Waals surface area contributed by atoms with Gasteiger partial charge in [-0.1, -0.05) is 12.5 Å². The first-order valence-corrected chi connectivity index (χ1v) is 6.31. The molecule has 0 radical (unpaired) electrons. The number of hydrogen-bond acceptors (Lipinski definition) is 3. The molecule has 1 aliphatic rings. The highest BCUT2D eigenvalue weighted by molar-refractivity contribution is 4.91. The van der Waals surface area contributed by atoms with E-state index >= 15 is 0 Å². The summed E-state index contributed by atoms with van der Waals surface area (Å²) in [4.78, 5) is 2.35. The highest BCUT2D eigenvalue weighted by Gasteiger charge is 2.25. The Morgan fingerprint density at radius 3 is 2.94 bits per heavy atom. The van der Waals surface area contributed by atoms with E-state index in [9.17, 15) is 0 Å². The van der Waals surface area contributed by atoms with Crippen LogP contribution in [-0.2, 0) is 4.74 Å². The third-order valence-electron chi connectivity index (χ3n) is 3.09. The van der Waals surface area contributed by atoms with Crippen molar-refractivity contribution in [3.8, 4) is 0 Å². The van der Waals surface area contributed by atoms with Gasteiger partial charge in [-0.05, 0) is 33.4 Å². The van der Waals surface area contributed by atoms with Crippen LogP contribution in [0.3, 0.4) is 0 Å². The minimum Gasteiger partial charge on any atom is -0.374 e. The van der Waals surface area contributed by atoms with Crippen molar-refractivity contribution in [2.75, 3.05) is 33.3 Å². The summed E-state index contributed by atoms with van der Waals surface area (Å²) < 4.78 is 5.86. The Morgan fingerprint density at radius 1 is 1.62 bits per heavy atom. The molecule has 0 saturated carbocycles. The van der Waals surface area contributed by atoms with E-state index in [0.717, 1.165) is 39.1 Å². The highest BCUT2D eigenvalue weighted by Crippen LogP contribution is 2.14. The van der Waals surface area contributed by atoms with Crippen molar-refractivity contribution < 1.29 is 4.74 Å². The lowest BCUT2D eigenvalue weighted by atomic mass is 10.0. The molecule has 0 aliphatic carbocycles. The van der Waals surface area contributed by atoms with Crippen molar-refractivity contribution in [3.63, 3.8) is 0 Å². The predicted molar refractivity (Wildman–Crippen MR) is 68.7 cm³/mol. The van der Waals surface area contributed by atoms with Gasteiger partial charge in [0.15, 0.2) is 0 Å². The number of morpholine rings is 1. The number of nitrogens with zero attached hydrogens (tertiary/aromatic N) is 1. The molecule has 0 bridgehead atoms. The predicted octanol–water partition coefficient (Wildman–Crippen LogP) is 1.65. The Bertz CT molecular complexity index is 218. The first-order valence-electron chi connectivity index (χ1n) is 6.31. The van der Waals surface area contributed by atoms with Crippen molar-refractivity contribution in [1.82, 2.24) is 10.2 Å². The fourth-order valence-electron chi connectivity index (χ4n) is 2.14. The number of nitrogens with one attached hydrogen (secondary N) is 1. The van der Waals surface area contributed by atoms with Gasteiger partial charge in [0.2, 0.25) is 0 Å². The van der Waals surface area contributed by atoms with Gasteiger partial charge in [-0.3, -0.25) is 0 Å². The maximum Gasteiger partial charge on any atom is 0.0855 e. The minimum absolute atomic E-state index is 0.332. The zero-order chi connectivity index (χ0) is 12.0. The van der Waals surface area contributed by atoms with Gasteiger partial charge in [-0.2, -0.15) is 0 Å². The zero-order valence-electron chi connectivity index (χ0n) is 11.0. The summed E-state index contributed by atoms with van der Waals surface area (Å²) in [5.41, 5.74) is 1.26. The molecule has 0 spiro atoms. The van der Waals surface area contributed by atoms with Gasteiger partial charge in [-0.25, -0.2) is 0 Å². The van der Waals surface area contributed by atoms with Crippen molar-refractivity contribution >= 4 is 0 Å². The molecular formula is C13H26N2O. The number of allylic oxidation sites excluding steroid dienone is 1. The van der Waals surface area contributed by atoms with Gasteiger partial charge in [0.05, 0.1) is 12.7 Å². The Kier molecular flexibility index (Phi) is 6.03.